The smallest absolute Gasteiger partial charge is 0.255 e. The summed E-state index contributed by atoms with van der Waals surface area (Å²) in [7, 11) is 0. The van der Waals surface area contributed by atoms with Gasteiger partial charge in [-0.1, -0.05) is 6.92 Å². The molecule has 3 heterocycles. The van der Waals surface area contributed by atoms with Crippen LogP contribution in [-0.4, -0.2) is 26.1 Å². The fourth-order valence-corrected chi connectivity index (χ4v) is 3.00. The Hall–Kier alpha value is -1.49. The summed E-state index contributed by atoms with van der Waals surface area (Å²) in [5.74, 6) is 1.73. The highest BCUT2D eigenvalue weighted by Gasteiger charge is 2.38. The number of rotatable bonds is 2. The van der Waals surface area contributed by atoms with Crippen molar-refractivity contribution in [1.82, 2.24) is 24.9 Å². The molecule has 1 unspecified atom stereocenters. The molecule has 5 heteroatoms. The normalized spacial score (nSPS) is 23.9. The standard InChI is InChI=1S/C13H19N5/c1-4-13(6-5-7-14-13)11-16-17-12-15-9(2)8-10(3)18(11)12/h8,14H,4-7H2,1-3H3. The van der Waals surface area contributed by atoms with Crippen molar-refractivity contribution in [3.63, 3.8) is 0 Å². The summed E-state index contributed by atoms with van der Waals surface area (Å²) in [6.07, 6.45) is 3.35. The minimum absolute atomic E-state index is 0.0267. The third-order valence-corrected chi connectivity index (χ3v) is 3.97. The molecule has 5 nitrogen and oxygen atoms in total. The van der Waals surface area contributed by atoms with E-state index in [1.165, 1.54) is 6.42 Å². The molecule has 3 rings (SSSR count). The number of fused-ring (bicyclic) bond motifs is 1. The number of aromatic nitrogens is 4. The van der Waals surface area contributed by atoms with Gasteiger partial charge < -0.3 is 5.32 Å². The van der Waals surface area contributed by atoms with E-state index in [2.05, 4.69) is 44.8 Å². The van der Waals surface area contributed by atoms with Gasteiger partial charge in [0.05, 0.1) is 5.54 Å². The third kappa shape index (κ3) is 1.54. The average molecular weight is 245 g/mol. The summed E-state index contributed by atoms with van der Waals surface area (Å²) in [5.41, 5.74) is 2.11. The fourth-order valence-electron chi connectivity index (χ4n) is 3.00. The monoisotopic (exact) mass is 245 g/mol. The maximum atomic E-state index is 4.46. The summed E-state index contributed by atoms with van der Waals surface area (Å²) in [4.78, 5) is 4.46. The first-order valence-electron chi connectivity index (χ1n) is 6.61. The van der Waals surface area contributed by atoms with E-state index in [9.17, 15) is 0 Å². The highest BCUT2D eigenvalue weighted by Crippen LogP contribution is 2.33. The predicted octanol–water partition coefficient (Wildman–Crippen LogP) is 1.73. The van der Waals surface area contributed by atoms with Gasteiger partial charge in [-0.05, 0) is 45.7 Å². The van der Waals surface area contributed by atoms with Crippen molar-refractivity contribution in [3.8, 4) is 0 Å². The summed E-state index contributed by atoms with van der Waals surface area (Å²) < 4.78 is 2.09. The molecular formula is C13H19N5. The maximum Gasteiger partial charge on any atom is 0.255 e. The van der Waals surface area contributed by atoms with Crippen molar-refractivity contribution in [1.29, 1.82) is 0 Å². The average Bonchev–Trinajstić information content (AvgIpc) is 2.94. The van der Waals surface area contributed by atoms with E-state index >= 15 is 0 Å². The van der Waals surface area contributed by atoms with E-state index in [4.69, 9.17) is 0 Å². The van der Waals surface area contributed by atoms with Crippen molar-refractivity contribution in [2.24, 2.45) is 0 Å². The molecule has 0 bridgehead atoms. The molecule has 2 aromatic heterocycles. The minimum atomic E-state index is -0.0267. The van der Waals surface area contributed by atoms with Gasteiger partial charge in [0.15, 0.2) is 5.82 Å². The van der Waals surface area contributed by atoms with Crippen molar-refractivity contribution < 1.29 is 0 Å². The molecule has 96 valence electrons. The molecule has 0 radical (unpaired) electrons. The first-order valence-corrected chi connectivity index (χ1v) is 6.61. The SMILES string of the molecule is CCC1(c2nnc3nc(C)cc(C)n23)CCCN1. The van der Waals surface area contributed by atoms with Crippen molar-refractivity contribution in [3.05, 3.63) is 23.3 Å². The second-order valence-electron chi connectivity index (χ2n) is 5.16. The Morgan fingerprint density at radius 3 is 2.89 bits per heavy atom. The zero-order valence-corrected chi connectivity index (χ0v) is 11.2. The lowest BCUT2D eigenvalue weighted by Crippen LogP contribution is -2.38. The summed E-state index contributed by atoms with van der Waals surface area (Å²) in [6.45, 7) is 7.34. The quantitative estimate of drug-likeness (QED) is 0.875. The Balaban J connectivity index is 2.23. The summed E-state index contributed by atoms with van der Waals surface area (Å²) in [6, 6.07) is 2.08. The highest BCUT2D eigenvalue weighted by molar-refractivity contribution is 5.34. The van der Waals surface area contributed by atoms with Gasteiger partial charge in [-0.3, -0.25) is 4.40 Å². The van der Waals surface area contributed by atoms with E-state index in [0.717, 1.165) is 36.6 Å². The van der Waals surface area contributed by atoms with Crippen molar-refractivity contribution in [2.75, 3.05) is 6.54 Å². The molecule has 18 heavy (non-hydrogen) atoms. The lowest BCUT2D eigenvalue weighted by Gasteiger charge is -2.26. The molecule has 1 aliphatic rings. The van der Waals surface area contributed by atoms with Crippen LogP contribution in [0.3, 0.4) is 0 Å². The van der Waals surface area contributed by atoms with Gasteiger partial charge in [0, 0.05) is 11.4 Å². The van der Waals surface area contributed by atoms with Crippen LogP contribution < -0.4 is 5.32 Å². The van der Waals surface area contributed by atoms with Gasteiger partial charge in [0.25, 0.3) is 5.78 Å². The Bertz CT molecular complexity index is 580. The van der Waals surface area contributed by atoms with Gasteiger partial charge in [-0.15, -0.1) is 10.2 Å². The van der Waals surface area contributed by atoms with Gasteiger partial charge in [0.2, 0.25) is 0 Å². The van der Waals surface area contributed by atoms with E-state index in [0.29, 0.717) is 5.78 Å². The van der Waals surface area contributed by atoms with Gasteiger partial charge in [0.1, 0.15) is 0 Å². The molecule has 0 amide bonds. The Morgan fingerprint density at radius 2 is 2.22 bits per heavy atom. The maximum absolute atomic E-state index is 4.46. The van der Waals surface area contributed by atoms with Crippen molar-refractivity contribution >= 4 is 5.78 Å². The summed E-state index contributed by atoms with van der Waals surface area (Å²) >= 11 is 0. The molecule has 0 spiro atoms. The van der Waals surface area contributed by atoms with E-state index < -0.39 is 0 Å². The summed E-state index contributed by atoms with van der Waals surface area (Å²) in [5, 5.41) is 12.3. The zero-order chi connectivity index (χ0) is 12.8. The second kappa shape index (κ2) is 4.02. The second-order valence-corrected chi connectivity index (χ2v) is 5.16. The lowest BCUT2D eigenvalue weighted by molar-refractivity contribution is 0.349. The molecule has 0 aliphatic carbocycles. The Morgan fingerprint density at radius 1 is 1.39 bits per heavy atom. The molecular weight excluding hydrogens is 226 g/mol. The Labute approximate surface area is 107 Å². The van der Waals surface area contributed by atoms with Gasteiger partial charge in [-0.2, -0.15) is 0 Å². The predicted molar refractivity (Wildman–Crippen MR) is 69.5 cm³/mol. The number of hydrogen-bond acceptors (Lipinski definition) is 4. The molecule has 1 atom stereocenters. The van der Waals surface area contributed by atoms with Crippen LogP contribution in [0.4, 0.5) is 0 Å². The molecule has 1 N–H and O–H groups in total. The van der Waals surface area contributed by atoms with Crippen LogP contribution in [-0.2, 0) is 5.54 Å². The molecule has 1 fully saturated rings. The van der Waals surface area contributed by atoms with Gasteiger partial charge in [-0.25, -0.2) is 4.98 Å². The van der Waals surface area contributed by atoms with Crippen molar-refractivity contribution in [2.45, 2.75) is 45.6 Å². The lowest BCUT2D eigenvalue weighted by atomic mass is 9.93. The number of nitrogens with zero attached hydrogens (tertiary/aromatic N) is 4. The first-order chi connectivity index (χ1) is 8.66. The van der Waals surface area contributed by atoms with Crippen LogP contribution in [0.15, 0.2) is 6.07 Å². The van der Waals surface area contributed by atoms with Crippen LogP contribution in [0, 0.1) is 13.8 Å². The number of aryl methyl sites for hydroxylation is 2. The highest BCUT2D eigenvalue weighted by atomic mass is 15.3. The van der Waals surface area contributed by atoms with Crippen LogP contribution in [0.2, 0.25) is 0 Å². The Kier molecular flexibility index (Phi) is 2.59. The van der Waals surface area contributed by atoms with Crippen LogP contribution in [0.25, 0.3) is 5.78 Å². The fraction of sp³-hybridized carbons (Fsp3) is 0.615. The largest absolute Gasteiger partial charge is 0.305 e. The molecule has 1 aliphatic heterocycles. The number of nitrogens with one attached hydrogen (secondary N) is 1. The third-order valence-electron chi connectivity index (χ3n) is 3.97. The number of hydrogen-bond donors (Lipinski definition) is 1. The topological polar surface area (TPSA) is 55.1 Å². The van der Waals surface area contributed by atoms with Crippen LogP contribution in [0.1, 0.15) is 43.4 Å². The van der Waals surface area contributed by atoms with Gasteiger partial charge >= 0.3 is 0 Å². The molecule has 2 aromatic rings. The minimum Gasteiger partial charge on any atom is -0.305 e. The van der Waals surface area contributed by atoms with E-state index in [1.807, 2.05) is 6.92 Å². The van der Waals surface area contributed by atoms with Crippen LogP contribution >= 0.6 is 0 Å². The molecule has 1 saturated heterocycles. The first kappa shape index (κ1) is 11.6. The zero-order valence-electron chi connectivity index (χ0n) is 11.2. The van der Waals surface area contributed by atoms with E-state index in [1.54, 1.807) is 0 Å². The molecule has 0 aromatic carbocycles. The van der Waals surface area contributed by atoms with Crippen LogP contribution in [0.5, 0.6) is 0 Å². The van der Waals surface area contributed by atoms with E-state index in [-0.39, 0.29) is 5.54 Å². The molecule has 0 saturated carbocycles.